The molecule has 29 heavy (non-hydrogen) atoms. The van der Waals surface area contributed by atoms with Crippen molar-refractivity contribution < 1.29 is 14.3 Å². The molecule has 2 aromatic rings. The molecule has 0 aliphatic carbocycles. The van der Waals surface area contributed by atoms with Crippen molar-refractivity contribution in [1.82, 2.24) is 10.6 Å². The predicted molar refractivity (Wildman–Crippen MR) is 117 cm³/mol. The van der Waals surface area contributed by atoms with Crippen LogP contribution < -0.4 is 25.4 Å². The van der Waals surface area contributed by atoms with Gasteiger partial charge in [0.25, 0.3) is 0 Å². The van der Waals surface area contributed by atoms with Crippen LogP contribution in [0.15, 0.2) is 47.5 Å². The maximum absolute atomic E-state index is 11.4. The number of guanidine groups is 1. The molecule has 7 nitrogen and oxygen atoms in total. The summed E-state index contributed by atoms with van der Waals surface area (Å²) in [4.78, 5) is 15.6. The summed E-state index contributed by atoms with van der Waals surface area (Å²) in [5.41, 5.74) is 2.74. The Labute approximate surface area is 172 Å². The summed E-state index contributed by atoms with van der Waals surface area (Å²) in [7, 11) is 3.30. The van der Waals surface area contributed by atoms with Crippen LogP contribution in [-0.4, -0.2) is 38.7 Å². The molecule has 2 aromatic carbocycles. The van der Waals surface area contributed by atoms with Crippen molar-refractivity contribution >= 4 is 17.6 Å². The van der Waals surface area contributed by atoms with E-state index in [9.17, 15) is 4.79 Å². The number of nitrogens with zero attached hydrogens (tertiary/aromatic N) is 1. The molecule has 0 aromatic heterocycles. The molecule has 2 rings (SSSR count). The number of ether oxygens (including phenoxy) is 2. The van der Waals surface area contributed by atoms with E-state index in [1.54, 1.807) is 14.2 Å². The Morgan fingerprint density at radius 3 is 2.55 bits per heavy atom. The Bertz CT molecular complexity index is 852. The van der Waals surface area contributed by atoms with Crippen molar-refractivity contribution in [1.29, 1.82) is 0 Å². The normalized spacial score (nSPS) is 12.1. The number of anilines is 1. The lowest BCUT2D eigenvalue weighted by atomic mass is 10.2. The van der Waals surface area contributed by atoms with E-state index < -0.39 is 0 Å². The molecule has 0 fully saturated rings. The van der Waals surface area contributed by atoms with Crippen molar-refractivity contribution in [3.8, 4) is 11.5 Å². The molecule has 0 spiro atoms. The number of aryl methyl sites for hydroxylation is 1. The van der Waals surface area contributed by atoms with Gasteiger partial charge in [0.1, 0.15) is 17.6 Å². The number of carbonyl (C=O) groups excluding carboxylic acids is 1. The highest BCUT2D eigenvalue weighted by molar-refractivity contribution is 5.90. The molecular formula is C22H30N4O3. The summed E-state index contributed by atoms with van der Waals surface area (Å²) < 4.78 is 11.3. The first kappa shape index (κ1) is 22.1. The average molecular weight is 399 g/mol. The van der Waals surface area contributed by atoms with Crippen molar-refractivity contribution in [2.75, 3.05) is 26.0 Å². The van der Waals surface area contributed by atoms with Crippen LogP contribution >= 0.6 is 0 Å². The molecule has 3 N–H and O–H groups in total. The van der Waals surface area contributed by atoms with Gasteiger partial charge in [0.05, 0.1) is 19.3 Å². The van der Waals surface area contributed by atoms with E-state index in [4.69, 9.17) is 9.47 Å². The lowest BCUT2D eigenvalue weighted by Crippen LogP contribution is -2.41. The van der Waals surface area contributed by atoms with E-state index in [1.807, 2.05) is 56.3 Å². The molecule has 0 radical (unpaired) electrons. The fraction of sp³-hybridized carbons (Fsp3) is 0.364. The molecule has 0 bridgehead atoms. The van der Waals surface area contributed by atoms with Crippen LogP contribution in [0, 0.1) is 6.92 Å². The van der Waals surface area contributed by atoms with E-state index in [2.05, 4.69) is 20.9 Å². The second-order valence-corrected chi connectivity index (χ2v) is 6.72. The Hall–Kier alpha value is -3.22. The van der Waals surface area contributed by atoms with Gasteiger partial charge in [-0.3, -0.25) is 9.79 Å². The Morgan fingerprint density at radius 2 is 1.90 bits per heavy atom. The molecule has 0 aliphatic rings. The van der Waals surface area contributed by atoms with Crippen LogP contribution in [0.5, 0.6) is 11.5 Å². The van der Waals surface area contributed by atoms with Gasteiger partial charge < -0.3 is 25.4 Å². The number of carbonyl (C=O) groups is 1. The number of methoxy groups -OCH3 is 1. The minimum absolute atomic E-state index is 0.0259. The first-order valence-corrected chi connectivity index (χ1v) is 9.54. The number of rotatable bonds is 8. The molecule has 0 saturated heterocycles. The second kappa shape index (κ2) is 10.9. The largest absolute Gasteiger partial charge is 0.495 e. The third kappa shape index (κ3) is 7.03. The topological polar surface area (TPSA) is 84.0 Å². The zero-order valence-electron chi connectivity index (χ0n) is 17.7. The molecule has 7 heteroatoms. The van der Waals surface area contributed by atoms with E-state index in [0.717, 1.165) is 16.9 Å². The summed E-state index contributed by atoms with van der Waals surface area (Å²) >= 11 is 0. The molecular weight excluding hydrogens is 368 g/mol. The standard InChI is InChI=1S/C22H30N4O3/c1-15-8-6-7-9-20(15)29-16(2)13-24-22(23-4)25-14-18-10-11-21(28-5)19(12-18)26-17(3)27/h6-12,16H,13-14H2,1-5H3,(H,26,27)(H2,23,24,25). The molecule has 0 aliphatic heterocycles. The van der Waals surface area contributed by atoms with Crippen molar-refractivity contribution in [3.05, 3.63) is 53.6 Å². The van der Waals surface area contributed by atoms with Gasteiger partial charge in [-0.1, -0.05) is 24.3 Å². The quantitative estimate of drug-likeness (QED) is 0.470. The van der Waals surface area contributed by atoms with Crippen LogP contribution in [0.4, 0.5) is 5.69 Å². The van der Waals surface area contributed by atoms with Gasteiger partial charge >= 0.3 is 0 Å². The monoisotopic (exact) mass is 398 g/mol. The second-order valence-electron chi connectivity index (χ2n) is 6.72. The third-order valence-electron chi connectivity index (χ3n) is 4.24. The summed E-state index contributed by atoms with van der Waals surface area (Å²) in [6.07, 6.45) is -0.0259. The highest BCUT2D eigenvalue weighted by Gasteiger charge is 2.09. The number of hydrogen-bond acceptors (Lipinski definition) is 4. The van der Waals surface area contributed by atoms with Gasteiger partial charge in [-0.05, 0) is 43.2 Å². The maximum Gasteiger partial charge on any atom is 0.221 e. The van der Waals surface area contributed by atoms with Gasteiger partial charge in [0.15, 0.2) is 5.96 Å². The number of benzene rings is 2. The summed E-state index contributed by atoms with van der Waals surface area (Å²) in [5, 5.41) is 9.31. The minimum Gasteiger partial charge on any atom is -0.495 e. The van der Waals surface area contributed by atoms with E-state index in [1.165, 1.54) is 6.92 Å². The highest BCUT2D eigenvalue weighted by atomic mass is 16.5. The smallest absolute Gasteiger partial charge is 0.221 e. The highest BCUT2D eigenvalue weighted by Crippen LogP contribution is 2.25. The minimum atomic E-state index is -0.145. The lowest BCUT2D eigenvalue weighted by molar-refractivity contribution is -0.114. The molecule has 0 heterocycles. The zero-order valence-corrected chi connectivity index (χ0v) is 17.7. The Morgan fingerprint density at radius 1 is 1.14 bits per heavy atom. The Balaban J connectivity index is 1.88. The summed E-state index contributed by atoms with van der Waals surface area (Å²) in [5.74, 6) is 2.03. The van der Waals surface area contributed by atoms with E-state index >= 15 is 0 Å². The van der Waals surface area contributed by atoms with Crippen LogP contribution in [0.2, 0.25) is 0 Å². The molecule has 1 amide bonds. The fourth-order valence-electron chi connectivity index (χ4n) is 2.75. The fourth-order valence-corrected chi connectivity index (χ4v) is 2.75. The first-order valence-electron chi connectivity index (χ1n) is 9.54. The molecule has 1 unspecified atom stereocenters. The van der Waals surface area contributed by atoms with Crippen molar-refractivity contribution in [2.24, 2.45) is 4.99 Å². The van der Waals surface area contributed by atoms with Crippen LogP contribution in [0.1, 0.15) is 25.0 Å². The molecule has 1 atom stereocenters. The summed E-state index contributed by atoms with van der Waals surface area (Å²) in [6.45, 7) is 6.66. The van der Waals surface area contributed by atoms with Crippen LogP contribution in [-0.2, 0) is 11.3 Å². The van der Waals surface area contributed by atoms with Gasteiger partial charge in [0.2, 0.25) is 5.91 Å². The number of hydrogen-bond donors (Lipinski definition) is 3. The summed E-state index contributed by atoms with van der Waals surface area (Å²) in [6, 6.07) is 13.6. The maximum atomic E-state index is 11.4. The van der Waals surface area contributed by atoms with Crippen LogP contribution in [0.3, 0.4) is 0 Å². The van der Waals surface area contributed by atoms with Gasteiger partial charge in [-0.15, -0.1) is 0 Å². The number of amides is 1. The first-order chi connectivity index (χ1) is 13.9. The number of para-hydroxylation sites is 1. The van der Waals surface area contributed by atoms with E-state index in [0.29, 0.717) is 30.5 Å². The third-order valence-corrected chi connectivity index (χ3v) is 4.24. The zero-order chi connectivity index (χ0) is 21.2. The van der Waals surface area contributed by atoms with Crippen LogP contribution in [0.25, 0.3) is 0 Å². The number of nitrogens with one attached hydrogen (secondary N) is 3. The Kier molecular flexibility index (Phi) is 8.33. The van der Waals surface area contributed by atoms with Crippen molar-refractivity contribution in [2.45, 2.75) is 33.4 Å². The van der Waals surface area contributed by atoms with Gasteiger partial charge in [-0.25, -0.2) is 0 Å². The lowest BCUT2D eigenvalue weighted by Gasteiger charge is -2.19. The molecule has 156 valence electrons. The number of aliphatic imine (C=N–C) groups is 1. The van der Waals surface area contributed by atoms with Crippen molar-refractivity contribution in [3.63, 3.8) is 0 Å². The average Bonchev–Trinajstić information content (AvgIpc) is 2.69. The van der Waals surface area contributed by atoms with E-state index in [-0.39, 0.29) is 12.0 Å². The molecule has 0 saturated carbocycles. The predicted octanol–water partition coefficient (Wildman–Crippen LogP) is 3.09. The van der Waals surface area contributed by atoms with Gasteiger partial charge in [-0.2, -0.15) is 0 Å². The SMILES string of the molecule is CN=C(NCc1ccc(OC)c(NC(C)=O)c1)NCC(C)Oc1ccccc1C. The van der Waals surface area contributed by atoms with Gasteiger partial charge in [0, 0.05) is 20.5 Å².